The molecule has 0 spiro atoms. The van der Waals surface area contributed by atoms with Crippen LogP contribution in [0, 0.1) is 6.92 Å². The summed E-state index contributed by atoms with van der Waals surface area (Å²) >= 11 is 0. The van der Waals surface area contributed by atoms with E-state index in [0.29, 0.717) is 0 Å². The zero-order chi connectivity index (χ0) is 13.2. The van der Waals surface area contributed by atoms with Crippen LogP contribution in [0.25, 0.3) is 21.9 Å². The van der Waals surface area contributed by atoms with E-state index in [1.165, 1.54) is 0 Å². The minimum absolute atomic E-state index is 0.724. The maximum Gasteiger partial charge on any atom is 0.110 e. The van der Waals surface area contributed by atoms with Crippen molar-refractivity contribution in [2.24, 2.45) is 5.73 Å². The molecular formula is C15H17N4. The van der Waals surface area contributed by atoms with Crippen molar-refractivity contribution in [2.75, 3.05) is 6.54 Å². The summed E-state index contributed by atoms with van der Waals surface area (Å²) < 4.78 is 2.18. The van der Waals surface area contributed by atoms with Gasteiger partial charge in [-0.15, -0.1) is 0 Å². The summed E-state index contributed by atoms with van der Waals surface area (Å²) in [4.78, 5) is 8.94. The van der Waals surface area contributed by atoms with Crippen LogP contribution in [0.1, 0.15) is 18.7 Å². The van der Waals surface area contributed by atoms with Crippen molar-refractivity contribution in [1.29, 1.82) is 0 Å². The van der Waals surface area contributed by atoms with Gasteiger partial charge in [0.1, 0.15) is 11.3 Å². The maximum atomic E-state index is 5.56. The lowest BCUT2D eigenvalue weighted by Gasteiger charge is -2.07. The highest BCUT2D eigenvalue weighted by molar-refractivity contribution is 6.02. The van der Waals surface area contributed by atoms with Crippen LogP contribution in [0.5, 0.6) is 0 Å². The Kier molecular flexibility index (Phi) is 3.17. The average molecular weight is 253 g/mol. The highest BCUT2D eigenvalue weighted by Gasteiger charge is 2.11. The minimum atomic E-state index is 0.724. The van der Waals surface area contributed by atoms with Gasteiger partial charge in [-0.1, -0.05) is 18.2 Å². The normalized spacial score (nSPS) is 11.5. The summed E-state index contributed by atoms with van der Waals surface area (Å²) in [6, 6.07) is 8.14. The number of hydrogen-bond donors (Lipinski definition) is 1. The highest BCUT2D eigenvalue weighted by Crippen LogP contribution is 2.24. The van der Waals surface area contributed by atoms with Crippen molar-refractivity contribution < 1.29 is 0 Å². The number of nitrogens with two attached hydrogens (primary N) is 1. The molecule has 1 aromatic carbocycles. The molecule has 2 aromatic heterocycles. The summed E-state index contributed by atoms with van der Waals surface area (Å²) in [5.74, 6) is 0.796. The first-order valence-electron chi connectivity index (χ1n) is 6.57. The minimum Gasteiger partial charge on any atom is -0.330 e. The molecule has 0 fully saturated rings. The fraction of sp³-hybridized carbons (Fsp3) is 0.267. The second-order valence-electron chi connectivity index (χ2n) is 4.68. The molecule has 3 rings (SSSR count). The largest absolute Gasteiger partial charge is 0.330 e. The van der Waals surface area contributed by atoms with Gasteiger partial charge in [0.25, 0.3) is 0 Å². The molecule has 19 heavy (non-hydrogen) atoms. The van der Waals surface area contributed by atoms with E-state index in [4.69, 9.17) is 5.73 Å². The maximum absolute atomic E-state index is 5.56. The first kappa shape index (κ1) is 12.1. The summed E-state index contributed by atoms with van der Waals surface area (Å²) in [6.45, 7) is 5.66. The number of pyridine rings is 1. The topological polar surface area (TPSA) is 56.7 Å². The molecule has 0 aliphatic carbocycles. The molecule has 1 radical (unpaired) electrons. The van der Waals surface area contributed by atoms with Gasteiger partial charge < -0.3 is 10.3 Å². The van der Waals surface area contributed by atoms with E-state index >= 15 is 0 Å². The van der Waals surface area contributed by atoms with Gasteiger partial charge in [0, 0.05) is 18.9 Å². The van der Waals surface area contributed by atoms with Crippen LogP contribution in [0.2, 0.25) is 0 Å². The van der Waals surface area contributed by atoms with Crippen LogP contribution in [0.4, 0.5) is 0 Å². The Morgan fingerprint density at radius 3 is 2.84 bits per heavy atom. The van der Waals surface area contributed by atoms with Crippen LogP contribution in [0.3, 0.4) is 0 Å². The third-order valence-corrected chi connectivity index (χ3v) is 3.39. The summed E-state index contributed by atoms with van der Waals surface area (Å²) in [5.41, 5.74) is 8.60. The van der Waals surface area contributed by atoms with Gasteiger partial charge in [-0.25, -0.2) is 4.98 Å². The zero-order valence-electron chi connectivity index (χ0n) is 10.8. The Balaban J connectivity index is 2.19. The van der Waals surface area contributed by atoms with Crippen LogP contribution >= 0.6 is 0 Å². The molecule has 4 heteroatoms. The van der Waals surface area contributed by atoms with Gasteiger partial charge in [-0.3, -0.25) is 4.98 Å². The zero-order valence-corrected chi connectivity index (χ0v) is 10.8. The van der Waals surface area contributed by atoms with Crippen LogP contribution in [0.15, 0.2) is 30.5 Å². The molecular weight excluding hydrogens is 236 g/mol. The molecule has 97 valence electrons. The molecule has 0 saturated heterocycles. The average Bonchev–Trinajstić information content (AvgIpc) is 2.76. The van der Waals surface area contributed by atoms with E-state index < -0.39 is 0 Å². The lowest BCUT2D eigenvalue weighted by molar-refractivity contribution is 0.621. The van der Waals surface area contributed by atoms with Crippen molar-refractivity contribution >= 4 is 21.9 Å². The quantitative estimate of drug-likeness (QED) is 0.727. The lowest BCUT2D eigenvalue weighted by atomic mass is 10.2. The van der Waals surface area contributed by atoms with Gasteiger partial charge in [-0.05, 0) is 25.5 Å². The molecule has 0 saturated carbocycles. The van der Waals surface area contributed by atoms with Gasteiger partial charge >= 0.3 is 0 Å². The Morgan fingerprint density at radius 1 is 1.16 bits per heavy atom. The van der Waals surface area contributed by atoms with Crippen molar-refractivity contribution in [3.8, 4) is 0 Å². The van der Waals surface area contributed by atoms with Crippen molar-refractivity contribution in [3.63, 3.8) is 0 Å². The second kappa shape index (κ2) is 4.97. The number of imidazole rings is 1. The van der Waals surface area contributed by atoms with Gasteiger partial charge in [0.2, 0.25) is 0 Å². The predicted molar refractivity (Wildman–Crippen MR) is 77.8 cm³/mol. The van der Waals surface area contributed by atoms with E-state index in [0.717, 1.165) is 53.7 Å². The summed E-state index contributed by atoms with van der Waals surface area (Å²) in [7, 11) is 0. The molecule has 2 heterocycles. The van der Waals surface area contributed by atoms with E-state index in [1.807, 2.05) is 24.4 Å². The number of aryl methyl sites for hydroxylation is 1. The van der Waals surface area contributed by atoms with E-state index in [1.54, 1.807) is 0 Å². The smallest absolute Gasteiger partial charge is 0.110 e. The van der Waals surface area contributed by atoms with Crippen molar-refractivity contribution in [3.05, 3.63) is 43.2 Å². The van der Waals surface area contributed by atoms with E-state index in [-0.39, 0.29) is 0 Å². The number of aromatic nitrogens is 3. The van der Waals surface area contributed by atoms with Gasteiger partial charge in [0.05, 0.1) is 17.2 Å². The number of benzene rings is 1. The number of fused-ring (bicyclic) bond motifs is 3. The SMILES string of the molecule is [CH2]c1nc2cnc3ccccc3c2n1CCCCN. The molecule has 0 aliphatic heterocycles. The number of nitrogens with zero attached hydrogens (tertiary/aromatic N) is 3. The molecule has 2 N–H and O–H groups in total. The number of rotatable bonds is 4. The van der Waals surface area contributed by atoms with Crippen LogP contribution in [-0.2, 0) is 6.54 Å². The molecule has 0 atom stereocenters. The Morgan fingerprint density at radius 2 is 2.00 bits per heavy atom. The number of unbranched alkanes of at least 4 members (excludes halogenated alkanes) is 1. The summed E-state index contributed by atoms with van der Waals surface area (Å²) in [5, 5.41) is 1.13. The summed E-state index contributed by atoms with van der Waals surface area (Å²) in [6.07, 6.45) is 3.88. The Labute approximate surface area is 112 Å². The highest BCUT2D eigenvalue weighted by atomic mass is 15.1. The molecule has 0 unspecified atom stereocenters. The molecule has 0 bridgehead atoms. The van der Waals surface area contributed by atoms with E-state index in [9.17, 15) is 0 Å². The predicted octanol–water partition coefficient (Wildman–Crippen LogP) is 2.51. The molecule has 0 aliphatic rings. The number of hydrogen-bond acceptors (Lipinski definition) is 3. The Bertz CT molecular complexity index is 715. The van der Waals surface area contributed by atoms with E-state index in [2.05, 4.69) is 27.5 Å². The first-order chi connectivity index (χ1) is 9.31. The monoisotopic (exact) mass is 253 g/mol. The molecule has 3 aromatic rings. The van der Waals surface area contributed by atoms with Gasteiger partial charge in [0.15, 0.2) is 0 Å². The Hall–Kier alpha value is -1.94. The third-order valence-electron chi connectivity index (χ3n) is 3.39. The van der Waals surface area contributed by atoms with Crippen LogP contribution < -0.4 is 5.73 Å². The van der Waals surface area contributed by atoms with Crippen LogP contribution in [-0.4, -0.2) is 21.1 Å². The second-order valence-corrected chi connectivity index (χ2v) is 4.68. The molecule has 4 nitrogen and oxygen atoms in total. The standard InChI is InChI=1S/C15H17N4/c1-11-18-14-10-17-13-7-3-2-6-12(13)15(14)19(11)9-5-4-8-16/h2-3,6-7,10H,1,4-5,8-9,16H2. The van der Waals surface area contributed by atoms with Gasteiger partial charge in [-0.2, -0.15) is 0 Å². The number of para-hydroxylation sites is 1. The first-order valence-corrected chi connectivity index (χ1v) is 6.57. The fourth-order valence-electron chi connectivity index (χ4n) is 2.47. The van der Waals surface area contributed by atoms with Crippen molar-refractivity contribution in [1.82, 2.24) is 14.5 Å². The lowest BCUT2D eigenvalue weighted by Crippen LogP contribution is -2.04. The van der Waals surface area contributed by atoms with Crippen molar-refractivity contribution in [2.45, 2.75) is 19.4 Å². The third kappa shape index (κ3) is 2.08. The molecule has 0 amide bonds. The fourth-order valence-corrected chi connectivity index (χ4v) is 2.47.